The molecule has 0 N–H and O–H groups in total. The molecule has 5 nitrogen and oxygen atoms in total. The number of benzene rings is 2. The van der Waals surface area contributed by atoms with E-state index in [1.165, 1.54) is 70.6 Å². The fourth-order valence-corrected chi connectivity index (χ4v) is 5.67. The number of hydrogen-bond donors (Lipinski definition) is 0. The van der Waals surface area contributed by atoms with Gasteiger partial charge in [-0.2, -0.15) is 0 Å². The molecule has 0 aliphatic rings. The third kappa shape index (κ3) is 11.3. The van der Waals surface area contributed by atoms with Crippen molar-refractivity contribution in [1.82, 2.24) is 4.90 Å². The first-order valence-electron chi connectivity index (χ1n) is 16.7. The zero-order valence-electron chi connectivity index (χ0n) is 27.3. The summed E-state index contributed by atoms with van der Waals surface area (Å²) in [6.07, 6.45) is 18.1. The molecule has 1 aromatic heterocycles. The van der Waals surface area contributed by atoms with Crippen LogP contribution in [-0.2, 0) is 19.6 Å². The van der Waals surface area contributed by atoms with Crippen LogP contribution in [0.15, 0.2) is 66.9 Å². The van der Waals surface area contributed by atoms with Crippen LogP contribution < -0.4 is 14.0 Å². The van der Waals surface area contributed by atoms with Gasteiger partial charge in [-0.05, 0) is 49.6 Å². The molecule has 234 valence electrons. The van der Waals surface area contributed by atoms with Crippen LogP contribution >= 0.6 is 0 Å². The first kappa shape index (κ1) is 34.2. The summed E-state index contributed by atoms with van der Waals surface area (Å²) < 4.78 is 14.0. The predicted octanol–water partition coefficient (Wildman–Crippen LogP) is 9.23. The molecule has 0 aliphatic carbocycles. The van der Waals surface area contributed by atoms with Crippen LogP contribution in [-0.4, -0.2) is 24.5 Å². The largest absolute Gasteiger partial charge is 0.496 e. The van der Waals surface area contributed by atoms with Gasteiger partial charge >= 0.3 is 0 Å². The number of carbonyl (C=O) groups is 1. The quantitative estimate of drug-likeness (QED) is 0.0921. The van der Waals surface area contributed by atoms with E-state index in [-0.39, 0.29) is 5.91 Å². The maximum Gasteiger partial charge on any atom is 0.258 e. The number of aryl methyl sites for hydroxylation is 1. The number of nitrogens with zero attached hydrogens (tertiary/aromatic N) is 2. The van der Waals surface area contributed by atoms with Gasteiger partial charge in [0.15, 0.2) is 6.20 Å². The molecule has 3 aromatic rings. The Bertz CT molecular complexity index is 1230. The summed E-state index contributed by atoms with van der Waals surface area (Å²) in [6.45, 7) is 9.05. The molecular weight excluding hydrogens is 532 g/mol. The minimum absolute atomic E-state index is 0.0498. The summed E-state index contributed by atoms with van der Waals surface area (Å²) in [5.41, 5.74) is 3.84. The molecule has 1 heterocycles. The van der Waals surface area contributed by atoms with Gasteiger partial charge in [-0.15, -0.1) is 0 Å². The number of unbranched alkanes of at least 4 members (excludes halogenated alkanes) is 11. The number of hydrogen-bond acceptors (Lipinski definition) is 3. The minimum Gasteiger partial charge on any atom is -0.496 e. The Balaban J connectivity index is 1.56. The Morgan fingerprint density at radius 3 is 2.02 bits per heavy atom. The van der Waals surface area contributed by atoms with Crippen molar-refractivity contribution in [3.63, 3.8) is 0 Å². The van der Waals surface area contributed by atoms with Crippen LogP contribution in [0.5, 0.6) is 11.5 Å². The Kier molecular flexibility index (Phi) is 15.7. The smallest absolute Gasteiger partial charge is 0.258 e. The Morgan fingerprint density at radius 2 is 1.35 bits per heavy atom. The van der Waals surface area contributed by atoms with E-state index in [1.54, 1.807) is 7.11 Å². The number of amides is 1. The molecule has 0 radical (unpaired) electrons. The van der Waals surface area contributed by atoms with Gasteiger partial charge in [-0.25, -0.2) is 4.57 Å². The highest BCUT2D eigenvalue weighted by Crippen LogP contribution is 2.26. The summed E-state index contributed by atoms with van der Waals surface area (Å²) in [4.78, 5) is 15.9. The van der Waals surface area contributed by atoms with E-state index in [0.29, 0.717) is 24.4 Å². The fraction of sp³-hybridized carbons (Fsp3) is 0.526. The van der Waals surface area contributed by atoms with Crippen molar-refractivity contribution in [2.24, 2.45) is 0 Å². The van der Waals surface area contributed by atoms with Crippen molar-refractivity contribution in [3.05, 3.63) is 89.2 Å². The van der Waals surface area contributed by atoms with Gasteiger partial charge in [0.1, 0.15) is 24.6 Å². The molecule has 0 atom stereocenters. The zero-order valence-corrected chi connectivity index (χ0v) is 27.3. The highest BCUT2D eigenvalue weighted by Gasteiger charge is 2.24. The van der Waals surface area contributed by atoms with E-state index in [4.69, 9.17) is 9.47 Å². The Labute approximate surface area is 261 Å². The summed E-state index contributed by atoms with van der Waals surface area (Å²) in [7, 11) is 1.61. The standard InChI is InChI=1S/C38H55N2O3/c1-5-7-8-9-10-11-12-13-14-15-16-21-29-43-36-27-22-23-33(32(36)3)30-40(31-34-24-19-20-28-39(34)6-2)38(41)35-25-17-18-26-37(35)42-4/h17-20,22-28H,5-16,21,29-31H2,1-4H3/q+1. The topological polar surface area (TPSA) is 42.7 Å². The average molecular weight is 588 g/mol. The number of carbonyl (C=O) groups excluding carboxylic acids is 1. The lowest BCUT2D eigenvalue weighted by molar-refractivity contribution is -0.701. The number of aromatic nitrogens is 1. The highest BCUT2D eigenvalue weighted by molar-refractivity contribution is 5.96. The molecule has 0 saturated heterocycles. The lowest BCUT2D eigenvalue weighted by Crippen LogP contribution is -2.41. The maximum atomic E-state index is 13.9. The first-order valence-corrected chi connectivity index (χ1v) is 16.7. The molecule has 0 saturated carbocycles. The molecule has 0 bridgehead atoms. The number of pyridine rings is 1. The van der Waals surface area contributed by atoms with Gasteiger partial charge in [0.25, 0.3) is 5.91 Å². The maximum absolute atomic E-state index is 13.9. The lowest BCUT2D eigenvalue weighted by atomic mass is 10.1. The van der Waals surface area contributed by atoms with E-state index in [9.17, 15) is 4.79 Å². The van der Waals surface area contributed by atoms with Gasteiger partial charge in [-0.1, -0.05) is 108 Å². The van der Waals surface area contributed by atoms with Crippen LogP contribution in [0.1, 0.15) is 118 Å². The van der Waals surface area contributed by atoms with E-state index in [1.807, 2.05) is 53.4 Å². The number of methoxy groups -OCH3 is 1. The van der Waals surface area contributed by atoms with Gasteiger partial charge < -0.3 is 14.4 Å². The number of para-hydroxylation sites is 1. The molecule has 0 aliphatic heterocycles. The number of ether oxygens (including phenoxy) is 2. The number of rotatable bonds is 21. The molecule has 3 rings (SSSR count). The van der Waals surface area contributed by atoms with E-state index < -0.39 is 0 Å². The van der Waals surface area contributed by atoms with Crippen molar-refractivity contribution in [1.29, 1.82) is 0 Å². The third-order valence-corrected chi connectivity index (χ3v) is 8.37. The molecule has 0 unspecified atom stereocenters. The van der Waals surface area contributed by atoms with Crippen LogP contribution in [0.2, 0.25) is 0 Å². The SMILES string of the molecule is CCCCCCCCCCCCCCOc1cccc(CN(Cc2cccc[n+]2CC)C(=O)c2ccccc2OC)c1C. The van der Waals surface area contributed by atoms with Crippen molar-refractivity contribution in [2.45, 2.75) is 117 Å². The van der Waals surface area contributed by atoms with Crippen LogP contribution in [0.25, 0.3) is 0 Å². The monoisotopic (exact) mass is 587 g/mol. The average Bonchev–Trinajstić information content (AvgIpc) is 3.04. The minimum atomic E-state index is -0.0498. The second kappa shape index (κ2) is 19.8. The van der Waals surface area contributed by atoms with Crippen LogP contribution in [0.3, 0.4) is 0 Å². The fourth-order valence-electron chi connectivity index (χ4n) is 5.67. The van der Waals surface area contributed by atoms with Crippen molar-refractivity contribution < 1.29 is 18.8 Å². The molecule has 43 heavy (non-hydrogen) atoms. The summed E-state index contributed by atoms with van der Waals surface area (Å²) in [6, 6.07) is 19.8. The van der Waals surface area contributed by atoms with Gasteiger partial charge in [-0.3, -0.25) is 4.79 Å². The highest BCUT2D eigenvalue weighted by atomic mass is 16.5. The van der Waals surface area contributed by atoms with E-state index >= 15 is 0 Å². The second-order valence-electron chi connectivity index (χ2n) is 11.6. The summed E-state index contributed by atoms with van der Waals surface area (Å²) in [5, 5.41) is 0. The normalized spacial score (nSPS) is 11.0. The Morgan fingerprint density at radius 1 is 0.721 bits per heavy atom. The van der Waals surface area contributed by atoms with Crippen molar-refractivity contribution in [3.8, 4) is 11.5 Å². The van der Waals surface area contributed by atoms with E-state index in [0.717, 1.165) is 42.1 Å². The molecule has 0 fully saturated rings. The molecule has 1 amide bonds. The zero-order chi connectivity index (χ0) is 30.7. The van der Waals surface area contributed by atoms with Crippen LogP contribution in [0.4, 0.5) is 0 Å². The molecular formula is C38H55N2O3+. The lowest BCUT2D eigenvalue weighted by Gasteiger charge is -2.24. The molecule has 0 spiro atoms. The molecule has 2 aromatic carbocycles. The van der Waals surface area contributed by atoms with Crippen LogP contribution in [0, 0.1) is 6.92 Å². The van der Waals surface area contributed by atoms with Gasteiger partial charge in [0.05, 0.1) is 19.3 Å². The molecule has 5 heteroatoms. The van der Waals surface area contributed by atoms with Gasteiger partial charge in [0.2, 0.25) is 5.69 Å². The first-order chi connectivity index (χ1) is 21.1. The predicted molar refractivity (Wildman–Crippen MR) is 177 cm³/mol. The van der Waals surface area contributed by atoms with Gasteiger partial charge in [0, 0.05) is 18.7 Å². The summed E-state index contributed by atoms with van der Waals surface area (Å²) in [5.74, 6) is 1.45. The van der Waals surface area contributed by atoms with Crippen molar-refractivity contribution >= 4 is 5.91 Å². The van der Waals surface area contributed by atoms with E-state index in [2.05, 4.69) is 43.7 Å². The second-order valence-corrected chi connectivity index (χ2v) is 11.6. The third-order valence-electron chi connectivity index (χ3n) is 8.37. The summed E-state index contributed by atoms with van der Waals surface area (Å²) >= 11 is 0. The van der Waals surface area contributed by atoms with Crippen molar-refractivity contribution in [2.75, 3.05) is 13.7 Å². The Hall–Kier alpha value is -3.34.